The quantitative estimate of drug-likeness (QED) is 0.719. The Labute approximate surface area is 135 Å². The van der Waals surface area contributed by atoms with Crippen molar-refractivity contribution in [1.82, 2.24) is 14.1 Å². The molecule has 8 heteroatoms. The van der Waals surface area contributed by atoms with Gasteiger partial charge in [-0.25, -0.2) is 9.78 Å². The van der Waals surface area contributed by atoms with Crippen LogP contribution in [0.15, 0.2) is 21.0 Å². The SMILES string of the molecule is Cc1ccsc1-c1c(CN)c(N)nc2c1c(=O)n(C)c(=O)n2C. The summed E-state index contributed by atoms with van der Waals surface area (Å²) in [6, 6.07) is 1.97. The fraction of sp³-hybridized carbons (Fsp3) is 0.267. The van der Waals surface area contributed by atoms with Crippen molar-refractivity contribution in [2.24, 2.45) is 19.8 Å². The van der Waals surface area contributed by atoms with Crippen LogP contribution < -0.4 is 22.7 Å². The number of hydrogen-bond donors (Lipinski definition) is 2. The minimum Gasteiger partial charge on any atom is -0.383 e. The van der Waals surface area contributed by atoms with Crippen LogP contribution in [0, 0.1) is 6.92 Å². The summed E-state index contributed by atoms with van der Waals surface area (Å²) in [5, 5.41) is 2.31. The maximum absolute atomic E-state index is 12.7. The number of thiophene rings is 1. The van der Waals surface area contributed by atoms with Crippen molar-refractivity contribution in [1.29, 1.82) is 0 Å². The van der Waals surface area contributed by atoms with Crippen molar-refractivity contribution in [2.75, 3.05) is 5.73 Å². The van der Waals surface area contributed by atoms with Crippen molar-refractivity contribution < 1.29 is 0 Å². The molecule has 120 valence electrons. The molecule has 3 heterocycles. The van der Waals surface area contributed by atoms with Crippen LogP contribution in [0.5, 0.6) is 0 Å². The molecule has 3 aromatic rings. The summed E-state index contributed by atoms with van der Waals surface area (Å²) in [5.41, 5.74) is 13.7. The highest BCUT2D eigenvalue weighted by atomic mass is 32.1. The van der Waals surface area contributed by atoms with E-state index >= 15 is 0 Å². The van der Waals surface area contributed by atoms with Crippen LogP contribution in [0.3, 0.4) is 0 Å². The lowest BCUT2D eigenvalue weighted by atomic mass is 10.0. The minimum atomic E-state index is -0.441. The van der Waals surface area contributed by atoms with Gasteiger partial charge in [0.2, 0.25) is 0 Å². The predicted molar refractivity (Wildman–Crippen MR) is 92.6 cm³/mol. The molecule has 0 aliphatic heterocycles. The van der Waals surface area contributed by atoms with E-state index in [9.17, 15) is 9.59 Å². The standard InChI is InChI=1S/C15H17N5O2S/c1-7-4-5-23-11(7)9-8(6-16)12(17)18-13-10(9)14(21)20(3)15(22)19(13)2/h4-5H,6,16H2,1-3H3,(H2,17,18). The van der Waals surface area contributed by atoms with Gasteiger partial charge in [-0.15, -0.1) is 11.3 Å². The second-order valence-electron chi connectivity index (χ2n) is 5.39. The summed E-state index contributed by atoms with van der Waals surface area (Å²) in [5.74, 6) is 0.242. The van der Waals surface area contributed by atoms with Gasteiger partial charge in [0.05, 0.1) is 5.39 Å². The van der Waals surface area contributed by atoms with Gasteiger partial charge in [-0.2, -0.15) is 0 Å². The van der Waals surface area contributed by atoms with Crippen LogP contribution in [0.4, 0.5) is 5.82 Å². The van der Waals surface area contributed by atoms with Gasteiger partial charge in [-0.3, -0.25) is 13.9 Å². The van der Waals surface area contributed by atoms with Crippen molar-refractivity contribution in [3.63, 3.8) is 0 Å². The highest BCUT2D eigenvalue weighted by molar-refractivity contribution is 7.13. The predicted octanol–water partition coefficient (Wildman–Crippen LogP) is 0.710. The van der Waals surface area contributed by atoms with Crippen molar-refractivity contribution in [3.05, 3.63) is 43.4 Å². The first-order chi connectivity index (χ1) is 10.9. The number of fused-ring (bicyclic) bond motifs is 1. The summed E-state index contributed by atoms with van der Waals surface area (Å²) in [4.78, 5) is 30.1. The van der Waals surface area contributed by atoms with Crippen LogP contribution in [-0.2, 0) is 20.6 Å². The van der Waals surface area contributed by atoms with E-state index in [1.807, 2.05) is 18.4 Å². The molecule has 0 unspecified atom stereocenters. The molecule has 0 atom stereocenters. The van der Waals surface area contributed by atoms with Gasteiger partial charge < -0.3 is 11.5 Å². The molecule has 23 heavy (non-hydrogen) atoms. The van der Waals surface area contributed by atoms with E-state index in [0.717, 1.165) is 15.0 Å². The molecule has 4 N–H and O–H groups in total. The summed E-state index contributed by atoms with van der Waals surface area (Å²) >= 11 is 1.51. The maximum atomic E-state index is 12.7. The van der Waals surface area contributed by atoms with Crippen LogP contribution in [0.2, 0.25) is 0 Å². The number of pyridine rings is 1. The average Bonchev–Trinajstić information content (AvgIpc) is 2.95. The van der Waals surface area contributed by atoms with Crippen molar-refractivity contribution in [3.8, 4) is 10.4 Å². The normalized spacial score (nSPS) is 11.3. The van der Waals surface area contributed by atoms with Gasteiger partial charge in [0, 0.05) is 36.6 Å². The molecule has 0 saturated carbocycles. The van der Waals surface area contributed by atoms with Gasteiger partial charge in [0.15, 0.2) is 5.65 Å². The zero-order chi connectivity index (χ0) is 16.9. The first-order valence-corrected chi connectivity index (χ1v) is 7.89. The monoisotopic (exact) mass is 331 g/mol. The number of rotatable bonds is 2. The molecule has 0 saturated heterocycles. The zero-order valence-corrected chi connectivity index (χ0v) is 13.9. The Bertz CT molecular complexity index is 1040. The number of nitrogens with zero attached hydrogens (tertiary/aromatic N) is 3. The Kier molecular flexibility index (Phi) is 3.57. The second-order valence-corrected chi connectivity index (χ2v) is 6.31. The highest BCUT2D eigenvalue weighted by Gasteiger charge is 2.22. The third-order valence-electron chi connectivity index (χ3n) is 4.01. The average molecular weight is 331 g/mol. The molecule has 0 fully saturated rings. The molecule has 3 rings (SSSR count). The van der Waals surface area contributed by atoms with Gasteiger partial charge in [-0.1, -0.05) is 0 Å². The summed E-state index contributed by atoms with van der Waals surface area (Å²) in [7, 11) is 3.03. The van der Waals surface area contributed by atoms with E-state index in [0.29, 0.717) is 16.5 Å². The first kappa shape index (κ1) is 15.4. The Morgan fingerprint density at radius 1 is 1.26 bits per heavy atom. The number of aromatic nitrogens is 3. The lowest BCUT2D eigenvalue weighted by Crippen LogP contribution is -2.37. The molecule has 0 bridgehead atoms. The van der Waals surface area contributed by atoms with Gasteiger partial charge in [-0.05, 0) is 23.9 Å². The zero-order valence-electron chi connectivity index (χ0n) is 13.1. The third-order valence-corrected chi connectivity index (χ3v) is 5.05. The lowest BCUT2D eigenvalue weighted by molar-refractivity contribution is 0.708. The fourth-order valence-electron chi connectivity index (χ4n) is 2.73. The van der Waals surface area contributed by atoms with E-state index in [1.165, 1.54) is 23.0 Å². The molecule has 0 spiro atoms. The lowest BCUT2D eigenvalue weighted by Gasteiger charge is -2.15. The van der Waals surface area contributed by atoms with Crippen LogP contribution >= 0.6 is 11.3 Å². The number of nitrogen functional groups attached to an aromatic ring is 1. The molecule has 0 aliphatic carbocycles. The third kappa shape index (κ3) is 2.10. The summed E-state index contributed by atoms with van der Waals surface area (Å²) < 4.78 is 2.41. The van der Waals surface area contributed by atoms with E-state index in [4.69, 9.17) is 11.5 Å². The van der Waals surface area contributed by atoms with Crippen LogP contribution in [0.1, 0.15) is 11.1 Å². The molecule has 0 radical (unpaired) electrons. The molecule has 7 nitrogen and oxygen atoms in total. The topological polar surface area (TPSA) is 109 Å². The van der Waals surface area contributed by atoms with Crippen molar-refractivity contribution in [2.45, 2.75) is 13.5 Å². The number of nitrogens with two attached hydrogens (primary N) is 2. The van der Waals surface area contributed by atoms with E-state index in [-0.39, 0.29) is 18.0 Å². The molecule has 0 aromatic carbocycles. The molecular formula is C15H17N5O2S. The van der Waals surface area contributed by atoms with E-state index < -0.39 is 11.2 Å². The van der Waals surface area contributed by atoms with Crippen LogP contribution in [0.25, 0.3) is 21.5 Å². The number of aryl methyl sites for hydroxylation is 2. The first-order valence-electron chi connectivity index (χ1n) is 7.01. The molecule has 0 amide bonds. The summed E-state index contributed by atoms with van der Waals surface area (Å²) in [6.45, 7) is 2.12. The van der Waals surface area contributed by atoms with E-state index in [2.05, 4.69) is 4.98 Å². The largest absolute Gasteiger partial charge is 0.383 e. The van der Waals surface area contributed by atoms with Crippen molar-refractivity contribution >= 4 is 28.2 Å². The second kappa shape index (κ2) is 5.32. The Balaban J connectivity index is 2.68. The fourth-order valence-corrected chi connectivity index (χ4v) is 3.74. The smallest absolute Gasteiger partial charge is 0.332 e. The Morgan fingerprint density at radius 3 is 2.52 bits per heavy atom. The number of anilines is 1. The summed E-state index contributed by atoms with van der Waals surface area (Å²) in [6.07, 6.45) is 0. The van der Waals surface area contributed by atoms with Gasteiger partial charge in [0.1, 0.15) is 5.82 Å². The van der Waals surface area contributed by atoms with Gasteiger partial charge in [0.25, 0.3) is 5.56 Å². The van der Waals surface area contributed by atoms with Gasteiger partial charge >= 0.3 is 5.69 Å². The highest BCUT2D eigenvalue weighted by Crippen LogP contribution is 2.37. The maximum Gasteiger partial charge on any atom is 0.332 e. The molecule has 3 aromatic heterocycles. The molecular weight excluding hydrogens is 314 g/mol. The minimum absolute atomic E-state index is 0.160. The van der Waals surface area contributed by atoms with E-state index in [1.54, 1.807) is 7.05 Å². The Morgan fingerprint density at radius 2 is 1.96 bits per heavy atom. The Hall–Kier alpha value is -2.45. The van der Waals surface area contributed by atoms with Crippen LogP contribution in [-0.4, -0.2) is 14.1 Å². The molecule has 0 aliphatic rings. The number of hydrogen-bond acceptors (Lipinski definition) is 6.